The van der Waals surface area contributed by atoms with Crippen LogP contribution in [0.2, 0.25) is 0 Å². The first-order valence-corrected chi connectivity index (χ1v) is 6.82. The lowest BCUT2D eigenvalue weighted by molar-refractivity contribution is 0.373. The van der Waals surface area contributed by atoms with Crippen LogP contribution in [0.3, 0.4) is 0 Å². The molecule has 0 bridgehead atoms. The Morgan fingerprint density at radius 2 is 1.95 bits per heavy atom. The molecule has 0 unspecified atom stereocenters. The van der Waals surface area contributed by atoms with Gasteiger partial charge in [-0.05, 0) is 14.1 Å². The maximum absolute atomic E-state index is 6.04. The van der Waals surface area contributed by atoms with Crippen molar-refractivity contribution in [3.63, 3.8) is 0 Å². The summed E-state index contributed by atoms with van der Waals surface area (Å²) in [4.78, 5) is 2.13. The summed E-state index contributed by atoms with van der Waals surface area (Å²) in [6, 6.07) is 3.85. The molecule has 2 aromatic heterocycles. The number of nitrogens with two attached hydrogens (primary N) is 1. The van der Waals surface area contributed by atoms with Crippen LogP contribution in [0.5, 0.6) is 0 Å². The molecule has 0 fully saturated rings. The van der Waals surface area contributed by atoms with Crippen LogP contribution in [0.4, 0.5) is 5.82 Å². The van der Waals surface area contributed by atoms with E-state index in [4.69, 9.17) is 5.73 Å². The molecule has 6 heteroatoms. The molecule has 0 spiro atoms. The van der Waals surface area contributed by atoms with E-state index in [1.807, 2.05) is 37.1 Å². The molecule has 110 valence electrons. The second kappa shape index (κ2) is 5.28. The molecule has 20 heavy (non-hydrogen) atoms. The fourth-order valence-corrected chi connectivity index (χ4v) is 1.84. The molecule has 6 nitrogen and oxygen atoms in total. The summed E-state index contributed by atoms with van der Waals surface area (Å²) in [6.07, 6.45) is 1.96. The molecular formula is C14H24N6. The van der Waals surface area contributed by atoms with Crippen LogP contribution in [0, 0.1) is 0 Å². The van der Waals surface area contributed by atoms with Gasteiger partial charge in [0, 0.05) is 30.3 Å². The van der Waals surface area contributed by atoms with Crippen LogP contribution in [0.15, 0.2) is 18.3 Å². The Labute approximate surface area is 120 Å². The van der Waals surface area contributed by atoms with Crippen LogP contribution in [0.1, 0.15) is 26.5 Å². The molecule has 0 amide bonds. The van der Waals surface area contributed by atoms with Gasteiger partial charge in [-0.15, -0.1) is 0 Å². The zero-order valence-corrected chi connectivity index (χ0v) is 13.0. The second-order valence-electron chi connectivity index (χ2n) is 6.36. The first-order chi connectivity index (χ1) is 9.27. The van der Waals surface area contributed by atoms with Gasteiger partial charge in [-0.3, -0.25) is 4.68 Å². The highest BCUT2D eigenvalue weighted by Crippen LogP contribution is 2.24. The quantitative estimate of drug-likeness (QED) is 0.919. The van der Waals surface area contributed by atoms with E-state index >= 15 is 0 Å². The fraction of sp³-hybridized carbons (Fsp3) is 0.571. The number of nitrogens with zero attached hydrogens (tertiary/aromatic N) is 5. The second-order valence-corrected chi connectivity index (χ2v) is 6.36. The van der Waals surface area contributed by atoms with E-state index in [0.29, 0.717) is 5.82 Å². The molecule has 0 radical (unpaired) electrons. The van der Waals surface area contributed by atoms with Crippen LogP contribution >= 0.6 is 0 Å². The molecule has 0 aliphatic heterocycles. The Bertz CT molecular complexity index is 573. The van der Waals surface area contributed by atoms with E-state index in [1.54, 1.807) is 4.68 Å². The van der Waals surface area contributed by atoms with Crippen LogP contribution in [0.25, 0.3) is 5.82 Å². The Kier molecular flexibility index (Phi) is 3.85. The van der Waals surface area contributed by atoms with Crippen molar-refractivity contribution in [2.75, 3.05) is 26.4 Å². The number of hydrogen-bond donors (Lipinski definition) is 1. The number of rotatable bonds is 4. The number of anilines is 1. The summed E-state index contributed by atoms with van der Waals surface area (Å²) in [5.41, 5.74) is 6.99. The maximum atomic E-state index is 6.04. The number of nitrogen functional groups attached to an aromatic ring is 1. The molecule has 0 aromatic carbocycles. The van der Waals surface area contributed by atoms with Crippen molar-refractivity contribution in [1.29, 1.82) is 0 Å². The van der Waals surface area contributed by atoms with Crippen molar-refractivity contribution in [3.8, 4) is 5.82 Å². The summed E-state index contributed by atoms with van der Waals surface area (Å²) >= 11 is 0. The minimum atomic E-state index is -0.0210. The number of likely N-dealkylation sites (N-methyl/N-ethyl adjacent to an activating group) is 1. The summed E-state index contributed by atoms with van der Waals surface area (Å²) in [5, 5.41) is 9.08. The number of aromatic nitrogens is 4. The Hall–Kier alpha value is -1.82. The van der Waals surface area contributed by atoms with Crippen LogP contribution in [-0.2, 0) is 12.0 Å². The van der Waals surface area contributed by atoms with Gasteiger partial charge in [-0.1, -0.05) is 20.8 Å². The lowest BCUT2D eigenvalue weighted by Crippen LogP contribution is -2.18. The molecule has 2 N–H and O–H groups in total. The van der Waals surface area contributed by atoms with E-state index in [2.05, 4.69) is 35.9 Å². The highest BCUT2D eigenvalue weighted by molar-refractivity contribution is 5.40. The van der Waals surface area contributed by atoms with Crippen molar-refractivity contribution in [1.82, 2.24) is 24.5 Å². The van der Waals surface area contributed by atoms with E-state index in [9.17, 15) is 0 Å². The predicted octanol–water partition coefficient (Wildman–Crippen LogP) is 1.51. The van der Waals surface area contributed by atoms with Gasteiger partial charge < -0.3 is 10.6 Å². The van der Waals surface area contributed by atoms with Crippen molar-refractivity contribution < 1.29 is 0 Å². The zero-order chi connectivity index (χ0) is 14.9. The van der Waals surface area contributed by atoms with Crippen molar-refractivity contribution in [3.05, 3.63) is 24.0 Å². The lowest BCUT2D eigenvalue weighted by atomic mass is 9.92. The van der Waals surface area contributed by atoms with Gasteiger partial charge >= 0.3 is 0 Å². The SMILES string of the molecule is CN(C)CCn1ccc(-n2nc(C(C)(C)C)cc2N)n1. The number of hydrogen-bond acceptors (Lipinski definition) is 4. The van der Waals surface area contributed by atoms with Gasteiger partial charge in [0.25, 0.3) is 0 Å². The molecule has 0 saturated carbocycles. The molecule has 2 aromatic rings. The van der Waals surface area contributed by atoms with Gasteiger partial charge in [-0.25, -0.2) is 0 Å². The van der Waals surface area contributed by atoms with Gasteiger partial charge in [0.1, 0.15) is 5.82 Å². The zero-order valence-electron chi connectivity index (χ0n) is 13.0. The predicted molar refractivity (Wildman–Crippen MR) is 81.0 cm³/mol. The molecule has 0 aliphatic carbocycles. The van der Waals surface area contributed by atoms with Crippen molar-refractivity contribution in [2.24, 2.45) is 0 Å². The monoisotopic (exact) mass is 276 g/mol. The Morgan fingerprint density at radius 3 is 2.50 bits per heavy atom. The third kappa shape index (κ3) is 3.19. The minimum Gasteiger partial charge on any atom is -0.384 e. The first-order valence-electron chi connectivity index (χ1n) is 6.82. The minimum absolute atomic E-state index is 0.0210. The standard InChI is InChI=1S/C14H24N6/c1-14(2,3)11-10-12(15)20(16-11)13-6-7-19(17-13)9-8-18(4)5/h6-7,10H,8-9,15H2,1-5H3. The first kappa shape index (κ1) is 14.6. The average molecular weight is 276 g/mol. The maximum Gasteiger partial charge on any atom is 0.177 e. The average Bonchev–Trinajstić information content (AvgIpc) is 2.91. The molecule has 0 saturated heterocycles. The Morgan fingerprint density at radius 1 is 1.25 bits per heavy atom. The molecule has 2 rings (SSSR count). The molecule has 2 heterocycles. The fourth-order valence-electron chi connectivity index (χ4n) is 1.84. The topological polar surface area (TPSA) is 64.9 Å². The largest absolute Gasteiger partial charge is 0.384 e. The molecule has 0 atom stereocenters. The van der Waals surface area contributed by atoms with Crippen molar-refractivity contribution in [2.45, 2.75) is 32.7 Å². The van der Waals surface area contributed by atoms with Gasteiger partial charge in [-0.2, -0.15) is 14.9 Å². The lowest BCUT2D eigenvalue weighted by Gasteiger charge is -2.13. The normalized spacial score (nSPS) is 12.3. The molecular weight excluding hydrogens is 252 g/mol. The van der Waals surface area contributed by atoms with Crippen LogP contribution < -0.4 is 5.73 Å². The van der Waals surface area contributed by atoms with Crippen LogP contribution in [-0.4, -0.2) is 45.1 Å². The Balaban J connectivity index is 2.22. The third-order valence-corrected chi connectivity index (χ3v) is 3.13. The smallest absolute Gasteiger partial charge is 0.177 e. The van der Waals surface area contributed by atoms with E-state index in [-0.39, 0.29) is 5.41 Å². The third-order valence-electron chi connectivity index (χ3n) is 3.13. The van der Waals surface area contributed by atoms with E-state index in [1.165, 1.54) is 0 Å². The van der Waals surface area contributed by atoms with Crippen molar-refractivity contribution >= 4 is 5.82 Å². The summed E-state index contributed by atoms with van der Waals surface area (Å²) in [6.45, 7) is 8.15. The summed E-state index contributed by atoms with van der Waals surface area (Å²) in [5.74, 6) is 1.38. The summed E-state index contributed by atoms with van der Waals surface area (Å²) < 4.78 is 3.61. The van der Waals surface area contributed by atoms with E-state index in [0.717, 1.165) is 24.6 Å². The highest BCUT2D eigenvalue weighted by atomic mass is 15.4. The summed E-state index contributed by atoms with van der Waals surface area (Å²) in [7, 11) is 4.09. The highest BCUT2D eigenvalue weighted by Gasteiger charge is 2.20. The van der Waals surface area contributed by atoms with E-state index < -0.39 is 0 Å². The van der Waals surface area contributed by atoms with Gasteiger partial charge in [0.05, 0.1) is 12.2 Å². The molecule has 0 aliphatic rings. The van der Waals surface area contributed by atoms with Gasteiger partial charge in [0.15, 0.2) is 5.82 Å². The van der Waals surface area contributed by atoms with Gasteiger partial charge in [0.2, 0.25) is 0 Å².